The van der Waals surface area contributed by atoms with Crippen molar-refractivity contribution >= 4 is 17.3 Å². The molecule has 0 aliphatic carbocycles. The van der Waals surface area contributed by atoms with Gasteiger partial charge in [-0.05, 0) is 71.2 Å². The molecule has 0 aromatic carbocycles. The zero-order valence-electron chi connectivity index (χ0n) is 19.7. The van der Waals surface area contributed by atoms with Gasteiger partial charge in [-0.15, -0.1) is 0 Å². The molecular weight excluding hydrogens is 384 g/mol. The van der Waals surface area contributed by atoms with Crippen LogP contribution in [0.1, 0.15) is 46.1 Å². The number of rotatable bonds is 4. The molecule has 0 atom stereocenters. The molecule has 0 saturated carbocycles. The van der Waals surface area contributed by atoms with E-state index in [9.17, 15) is 0 Å². The fourth-order valence-electron chi connectivity index (χ4n) is 3.57. The molecule has 31 heavy (non-hydrogen) atoms. The molecule has 0 radical (unpaired) electrons. The summed E-state index contributed by atoms with van der Waals surface area (Å²) in [5, 5.41) is 3.36. The molecule has 1 aliphatic heterocycles. The van der Waals surface area contributed by atoms with E-state index in [1.165, 1.54) is 5.57 Å². The number of hydrogen-bond acceptors (Lipinski definition) is 5. The molecule has 2 aromatic heterocycles. The maximum atomic E-state index is 5.06. The molecule has 0 saturated heterocycles. The molecule has 0 bridgehead atoms. The topological polar surface area (TPSA) is 56.7 Å². The average Bonchev–Trinajstić information content (AvgIpc) is 2.71. The first-order chi connectivity index (χ1) is 14.8. The van der Waals surface area contributed by atoms with Crippen molar-refractivity contribution in [3.63, 3.8) is 0 Å². The minimum atomic E-state index is 0.690. The zero-order valence-corrected chi connectivity index (χ0v) is 19.7. The second kappa shape index (κ2) is 9.77. The van der Waals surface area contributed by atoms with Crippen LogP contribution >= 0.6 is 0 Å². The van der Waals surface area contributed by atoms with Crippen LogP contribution in [0.15, 0.2) is 59.3 Å². The predicted octanol–water partition coefficient (Wildman–Crippen LogP) is 5.28. The number of aromatic nitrogens is 2. The smallest absolute Gasteiger partial charge is 0.158 e. The average molecular weight is 419 g/mol. The standard InChI is InChI=1S/C25H34N6/c1-17(2)19(4)27-20(5)28-21(6)31-13-9-8-12-30(7)24-11-10-23(29-25(24)31)22-14-18(3)15-26-16-22/h10-11,14-16H,6,8-9,12-13H2,1-5,7H3,(H,27,28). The lowest BCUT2D eigenvalue weighted by Crippen LogP contribution is -2.32. The highest BCUT2D eigenvalue weighted by Gasteiger charge is 2.22. The second-order valence-corrected chi connectivity index (χ2v) is 8.43. The van der Waals surface area contributed by atoms with Crippen LogP contribution in [-0.2, 0) is 0 Å². The monoisotopic (exact) mass is 418 g/mol. The van der Waals surface area contributed by atoms with Gasteiger partial charge < -0.3 is 15.1 Å². The molecule has 0 amide bonds. The second-order valence-electron chi connectivity index (χ2n) is 8.43. The minimum absolute atomic E-state index is 0.690. The first kappa shape index (κ1) is 22.5. The van der Waals surface area contributed by atoms with Crippen LogP contribution < -0.4 is 15.1 Å². The van der Waals surface area contributed by atoms with Crippen LogP contribution in [-0.4, -0.2) is 35.9 Å². The Labute approximate surface area is 186 Å². The number of pyridine rings is 2. The van der Waals surface area contributed by atoms with Crippen molar-refractivity contribution in [2.75, 3.05) is 29.9 Å². The highest BCUT2D eigenvalue weighted by atomic mass is 15.3. The zero-order chi connectivity index (χ0) is 22.5. The van der Waals surface area contributed by atoms with Crippen molar-refractivity contribution in [1.82, 2.24) is 15.3 Å². The van der Waals surface area contributed by atoms with Crippen molar-refractivity contribution in [1.29, 1.82) is 0 Å². The first-order valence-corrected chi connectivity index (χ1v) is 10.8. The Morgan fingerprint density at radius 3 is 2.55 bits per heavy atom. The van der Waals surface area contributed by atoms with Crippen LogP contribution in [0.5, 0.6) is 0 Å². The number of allylic oxidation sites excluding steroid dienone is 2. The van der Waals surface area contributed by atoms with Gasteiger partial charge in [0.05, 0.1) is 11.4 Å². The van der Waals surface area contributed by atoms with Gasteiger partial charge in [0.2, 0.25) is 0 Å². The third-order valence-corrected chi connectivity index (χ3v) is 5.54. The van der Waals surface area contributed by atoms with E-state index < -0.39 is 0 Å². The lowest BCUT2D eigenvalue weighted by molar-refractivity contribution is 0.685. The lowest BCUT2D eigenvalue weighted by atomic mass is 10.1. The highest BCUT2D eigenvalue weighted by Crippen LogP contribution is 2.34. The van der Waals surface area contributed by atoms with Gasteiger partial charge in [0.15, 0.2) is 5.82 Å². The van der Waals surface area contributed by atoms with Gasteiger partial charge in [0, 0.05) is 43.8 Å². The number of hydrogen-bond donors (Lipinski definition) is 1. The van der Waals surface area contributed by atoms with Crippen LogP contribution in [0.25, 0.3) is 11.3 Å². The molecule has 2 aromatic rings. The van der Waals surface area contributed by atoms with E-state index >= 15 is 0 Å². The predicted molar refractivity (Wildman–Crippen MR) is 131 cm³/mol. The molecule has 164 valence electrons. The van der Waals surface area contributed by atoms with Gasteiger partial charge in [-0.1, -0.05) is 12.2 Å². The third kappa shape index (κ3) is 5.51. The number of fused-ring (bicyclic) bond motifs is 1. The summed E-state index contributed by atoms with van der Waals surface area (Å²) >= 11 is 0. The first-order valence-electron chi connectivity index (χ1n) is 10.8. The van der Waals surface area contributed by atoms with Crippen LogP contribution in [0.4, 0.5) is 11.5 Å². The van der Waals surface area contributed by atoms with Crippen molar-refractivity contribution in [2.45, 2.75) is 47.5 Å². The van der Waals surface area contributed by atoms with Crippen molar-refractivity contribution < 1.29 is 0 Å². The van der Waals surface area contributed by atoms with Gasteiger partial charge in [-0.2, -0.15) is 0 Å². The number of nitrogens with one attached hydrogen (secondary N) is 1. The molecule has 1 N–H and O–H groups in total. The maximum absolute atomic E-state index is 5.06. The molecule has 0 fully saturated rings. The van der Waals surface area contributed by atoms with Gasteiger partial charge in [0.1, 0.15) is 11.7 Å². The summed E-state index contributed by atoms with van der Waals surface area (Å²) in [6.45, 7) is 16.4. The minimum Gasteiger partial charge on any atom is -0.372 e. The van der Waals surface area contributed by atoms with Gasteiger partial charge in [-0.3, -0.25) is 4.98 Å². The van der Waals surface area contributed by atoms with Crippen LogP contribution in [0.3, 0.4) is 0 Å². The van der Waals surface area contributed by atoms with Gasteiger partial charge >= 0.3 is 0 Å². The maximum Gasteiger partial charge on any atom is 0.158 e. The number of amidine groups is 1. The van der Waals surface area contributed by atoms with Gasteiger partial charge in [-0.25, -0.2) is 9.98 Å². The SMILES string of the molecule is C=C(N=C(C)NC(C)=C(C)C)N1CCCCN(C)c2ccc(-c3cncc(C)c3)nc21. The van der Waals surface area contributed by atoms with E-state index in [1.807, 2.05) is 26.2 Å². The summed E-state index contributed by atoms with van der Waals surface area (Å²) in [5.41, 5.74) is 6.46. The molecule has 3 heterocycles. The Hall–Kier alpha value is -3.15. The quantitative estimate of drug-likeness (QED) is 0.541. The van der Waals surface area contributed by atoms with E-state index in [4.69, 9.17) is 9.98 Å². The number of aryl methyl sites for hydroxylation is 1. The van der Waals surface area contributed by atoms with Crippen molar-refractivity contribution in [3.8, 4) is 11.3 Å². The third-order valence-electron chi connectivity index (χ3n) is 5.54. The fourth-order valence-corrected chi connectivity index (χ4v) is 3.57. The summed E-state index contributed by atoms with van der Waals surface area (Å²) < 4.78 is 0. The summed E-state index contributed by atoms with van der Waals surface area (Å²) in [4.78, 5) is 18.6. The van der Waals surface area contributed by atoms with Crippen molar-refractivity contribution in [3.05, 3.63) is 59.8 Å². The summed E-state index contributed by atoms with van der Waals surface area (Å²) in [5.74, 6) is 2.40. The van der Waals surface area contributed by atoms with E-state index in [0.717, 1.165) is 65.8 Å². The lowest BCUT2D eigenvalue weighted by Gasteiger charge is -2.32. The fraction of sp³-hybridized carbons (Fsp3) is 0.400. The van der Waals surface area contributed by atoms with Crippen LogP contribution in [0.2, 0.25) is 0 Å². The van der Waals surface area contributed by atoms with Crippen molar-refractivity contribution in [2.24, 2.45) is 4.99 Å². The molecule has 3 rings (SSSR count). The Balaban J connectivity index is 2.02. The molecule has 0 unspecified atom stereocenters. The Morgan fingerprint density at radius 2 is 1.84 bits per heavy atom. The molecule has 6 heteroatoms. The summed E-state index contributed by atoms with van der Waals surface area (Å²) in [6.07, 6.45) is 5.89. The molecular formula is C25H34N6. The highest BCUT2D eigenvalue weighted by molar-refractivity contribution is 5.83. The molecule has 6 nitrogen and oxygen atoms in total. The van der Waals surface area contributed by atoms with E-state index in [2.05, 4.69) is 72.7 Å². The number of anilines is 2. The molecule has 0 spiro atoms. The molecule has 1 aliphatic rings. The normalized spacial score (nSPS) is 14.5. The number of aliphatic imine (C=N–C) groups is 1. The Bertz CT molecular complexity index is 1020. The Morgan fingerprint density at radius 1 is 1.10 bits per heavy atom. The Kier molecular flexibility index (Phi) is 7.10. The van der Waals surface area contributed by atoms with Crippen LogP contribution in [0, 0.1) is 6.92 Å². The summed E-state index contributed by atoms with van der Waals surface area (Å²) in [7, 11) is 2.12. The number of nitrogens with zero attached hydrogens (tertiary/aromatic N) is 5. The van der Waals surface area contributed by atoms with Gasteiger partial charge in [0.25, 0.3) is 0 Å². The van der Waals surface area contributed by atoms with E-state index in [0.29, 0.717) is 5.82 Å². The van der Waals surface area contributed by atoms with E-state index in [1.54, 1.807) is 0 Å². The van der Waals surface area contributed by atoms with E-state index in [-0.39, 0.29) is 0 Å². The largest absolute Gasteiger partial charge is 0.372 e. The summed E-state index contributed by atoms with van der Waals surface area (Å²) in [6, 6.07) is 6.33.